The molecule has 3 atom stereocenters. The van der Waals surface area contributed by atoms with Crippen molar-refractivity contribution >= 4 is 0 Å². The Morgan fingerprint density at radius 2 is 2.40 bits per heavy atom. The molecule has 0 unspecified atom stereocenters. The van der Waals surface area contributed by atoms with Gasteiger partial charge >= 0.3 is 0 Å². The van der Waals surface area contributed by atoms with Gasteiger partial charge in [-0.1, -0.05) is 0 Å². The molecule has 2 N–H and O–H groups in total. The van der Waals surface area contributed by atoms with Crippen molar-refractivity contribution in [2.45, 2.75) is 24.9 Å². The number of aliphatic hydroxyl groups excluding tert-OH is 2. The van der Waals surface area contributed by atoms with Crippen LogP contribution >= 0.6 is 0 Å². The van der Waals surface area contributed by atoms with Gasteiger partial charge in [0.1, 0.15) is 6.10 Å². The Kier molecular flexibility index (Phi) is 2.62. The SMILES string of the molecule is CO[C@H]1C[C@@H](O)O[C@@H]1CO. The van der Waals surface area contributed by atoms with Crippen molar-refractivity contribution in [1.29, 1.82) is 0 Å². The molecule has 1 aliphatic heterocycles. The van der Waals surface area contributed by atoms with Gasteiger partial charge < -0.3 is 19.7 Å². The zero-order valence-corrected chi connectivity index (χ0v) is 5.86. The van der Waals surface area contributed by atoms with Crippen LogP contribution in [0.25, 0.3) is 0 Å². The third-order valence-electron chi connectivity index (χ3n) is 1.66. The molecule has 1 fully saturated rings. The Morgan fingerprint density at radius 3 is 2.80 bits per heavy atom. The van der Waals surface area contributed by atoms with Gasteiger partial charge in [-0.15, -0.1) is 0 Å². The molecule has 1 rings (SSSR count). The molecule has 1 aliphatic rings. The highest BCUT2D eigenvalue weighted by atomic mass is 16.6. The first-order valence-corrected chi connectivity index (χ1v) is 3.25. The van der Waals surface area contributed by atoms with Crippen LogP contribution in [-0.4, -0.2) is 42.4 Å². The summed E-state index contributed by atoms with van der Waals surface area (Å²) in [7, 11) is 1.54. The highest BCUT2D eigenvalue weighted by Crippen LogP contribution is 2.20. The molecule has 0 saturated carbocycles. The molecule has 4 heteroatoms. The number of ether oxygens (including phenoxy) is 2. The maximum Gasteiger partial charge on any atom is 0.157 e. The van der Waals surface area contributed by atoms with Crippen molar-refractivity contribution in [3.8, 4) is 0 Å². The average Bonchev–Trinajstić information content (AvgIpc) is 2.30. The molecule has 0 aliphatic carbocycles. The second-order valence-corrected chi connectivity index (χ2v) is 2.32. The Bertz CT molecular complexity index is 93.9. The van der Waals surface area contributed by atoms with Crippen molar-refractivity contribution < 1.29 is 19.7 Å². The van der Waals surface area contributed by atoms with E-state index in [4.69, 9.17) is 19.7 Å². The van der Waals surface area contributed by atoms with Gasteiger partial charge in [0.05, 0.1) is 12.7 Å². The van der Waals surface area contributed by atoms with Gasteiger partial charge in [-0.2, -0.15) is 0 Å². The lowest BCUT2D eigenvalue weighted by Gasteiger charge is -2.12. The summed E-state index contributed by atoms with van der Waals surface area (Å²) in [6.07, 6.45) is -0.857. The molecule has 10 heavy (non-hydrogen) atoms. The van der Waals surface area contributed by atoms with E-state index in [1.54, 1.807) is 0 Å². The van der Waals surface area contributed by atoms with E-state index in [-0.39, 0.29) is 18.8 Å². The Morgan fingerprint density at radius 1 is 1.70 bits per heavy atom. The van der Waals surface area contributed by atoms with Crippen LogP contribution in [0.2, 0.25) is 0 Å². The van der Waals surface area contributed by atoms with E-state index in [1.165, 1.54) is 7.11 Å². The first-order chi connectivity index (χ1) is 4.77. The highest BCUT2D eigenvalue weighted by molar-refractivity contribution is 4.77. The normalized spacial score (nSPS) is 40.5. The zero-order chi connectivity index (χ0) is 7.56. The molecular formula is C6H12O4. The molecule has 0 aromatic rings. The minimum atomic E-state index is -0.776. The Balaban J connectivity index is 2.41. The molecule has 4 nitrogen and oxygen atoms in total. The van der Waals surface area contributed by atoms with E-state index in [9.17, 15) is 0 Å². The van der Waals surface area contributed by atoms with E-state index >= 15 is 0 Å². The van der Waals surface area contributed by atoms with E-state index in [0.29, 0.717) is 6.42 Å². The largest absolute Gasteiger partial charge is 0.394 e. The van der Waals surface area contributed by atoms with Gasteiger partial charge in [-0.25, -0.2) is 0 Å². The third kappa shape index (κ3) is 1.46. The molecule has 0 bridgehead atoms. The standard InChI is InChI=1S/C6H12O4/c1-9-4-2-6(8)10-5(4)3-7/h4-8H,2-3H2,1H3/t4-,5+,6-/m0/s1. The van der Waals surface area contributed by atoms with Crippen LogP contribution in [0.15, 0.2) is 0 Å². The maximum atomic E-state index is 8.92. The lowest BCUT2D eigenvalue weighted by Crippen LogP contribution is -2.26. The highest BCUT2D eigenvalue weighted by Gasteiger charge is 2.33. The third-order valence-corrected chi connectivity index (χ3v) is 1.66. The van der Waals surface area contributed by atoms with Gasteiger partial charge in [0, 0.05) is 13.5 Å². The molecule has 1 saturated heterocycles. The summed E-state index contributed by atoms with van der Waals surface area (Å²) in [6.45, 7) is -0.102. The minimum absolute atomic E-state index is 0.102. The molecule has 0 aromatic heterocycles. The fourth-order valence-corrected chi connectivity index (χ4v) is 1.10. The van der Waals surface area contributed by atoms with Gasteiger partial charge in [-0.3, -0.25) is 0 Å². The number of rotatable bonds is 2. The number of aliphatic hydroxyl groups is 2. The molecule has 0 aromatic carbocycles. The van der Waals surface area contributed by atoms with Crippen LogP contribution in [-0.2, 0) is 9.47 Å². The maximum absolute atomic E-state index is 8.92. The molecular weight excluding hydrogens is 136 g/mol. The van der Waals surface area contributed by atoms with Crippen molar-refractivity contribution in [1.82, 2.24) is 0 Å². The van der Waals surface area contributed by atoms with Crippen LogP contribution in [0.5, 0.6) is 0 Å². The first kappa shape index (κ1) is 7.94. The fraction of sp³-hybridized carbons (Fsp3) is 1.00. The second-order valence-electron chi connectivity index (χ2n) is 2.32. The van der Waals surface area contributed by atoms with Gasteiger partial charge in [-0.05, 0) is 0 Å². The number of hydrogen-bond donors (Lipinski definition) is 2. The van der Waals surface area contributed by atoms with Crippen molar-refractivity contribution in [2.24, 2.45) is 0 Å². The Labute approximate surface area is 59.4 Å². The van der Waals surface area contributed by atoms with Crippen LogP contribution in [0, 0.1) is 0 Å². The fourth-order valence-electron chi connectivity index (χ4n) is 1.10. The quantitative estimate of drug-likeness (QED) is 0.533. The van der Waals surface area contributed by atoms with Crippen molar-refractivity contribution in [3.05, 3.63) is 0 Å². The van der Waals surface area contributed by atoms with E-state index in [0.717, 1.165) is 0 Å². The Hall–Kier alpha value is -0.160. The second kappa shape index (κ2) is 3.30. The summed E-state index contributed by atoms with van der Waals surface area (Å²) < 4.78 is 9.83. The average molecular weight is 148 g/mol. The molecule has 1 heterocycles. The van der Waals surface area contributed by atoms with Crippen LogP contribution < -0.4 is 0 Å². The van der Waals surface area contributed by atoms with Crippen LogP contribution in [0.1, 0.15) is 6.42 Å². The molecule has 0 amide bonds. The lowest BCUT2D eigenvalue weighted by atomic mass is 10.2. The topological polar surface area (TPSA) is 58.9 Å². The lowest BCUT2D eigenvalue weighted by molar-refractivity contribution is -0.109. The summed E-state index contributed by atoms with van der Waals surface area (Å²) in [6, 6.07) is 0. The monoisotopic (exact) mass is 148 g/mol. The van der Waals surface area contributed by atoms with E-state index in [2.05, 4.69) is 0 Å². The van der Waals surface area contributed by atoms with Gasteiger partial charge in [0.25, 0.3) is 0 Å². The first-order valence-electron chi connectivity index (χ1n) is 3.25. The molecule has 60 valence electrons. The van der Waals surface area contributed by atoms with E-state index < -0.39 is 6.29 Å². The predicted molar refractivity (Wildman–Crippen MR) is 33.4 cm³/mol. The summed E-state index contributed by atoms with van der Waals surface area (Å²) in [5.74, 6) is 0. The van der Waals surface area contributed by atoms with Crippen molar-refractivity contribution in [2.75, 3.05) is 13.7 Å². The number of methoxy groups -OCH3 is 1. The smallest absolute Gasteiger partial charge is 0.157 e. The summed E-state index contributed by atoms with van der Waals surface area (Å²) in [5, 5.41) is 17.6. The van der Waals surface area contributed by atoms with Gasteiger partial charge in [0.15, 0.2) is 6.29 Å². The minimum Gasteiger partial charge on any atom is -0.394 e. The molecule has 0 radical (unpaired) electrons. The molecule has 0 spiro atoms. The zero-order valence-electron chi connectivity index (χ0n) is 5.86. The van der Waals surface area contributed by atoms with Gasteiger partial charge in [0.2, 0.25) is 0 Å². The predicted octanol–water partition coefficient (Wildman–Crippen LogP) is -0.899. The van der Waals surface area contributed by atoms with E-state index in [1.807, 2.05) is 0 Å². The van der Waals surface area contributed by atoms with Crippen LogP contribution in [0.3, 0.4) is 0 Å². The number of hydrogen-bond acceptors (Lipinski definition) is 4. The summed E-state index contributed by atoms with van der Waals surface area (Å²) >= 11 is 0. The van der Waals surface area contributed by atoms with Crippen molar-refractivity contribution in [3.63, 3.8) is 0 Å². The summed E-state index contributed by atoms with van der Waals surface area (Å²) in [5.41, 5.74) is 0. The van der Waals surface area contributed by atoms with Crippen LogP contribution in [0.4, 0.5) is 0 Å². The summed E-state index contributed by atoms with van der Waals surface area (Å²) in [4.78, 5) is 0.